The van der Waals surface area contributed by atoms with Crippen molar-refractivity contribution < 1.29 is 14.6 Å². The van der Waals surface area contributed by atoms with Gasteiger partial charge < -0.3 is 20.9 Å². The zero-order valence-electron chi connectivity index (χ0n) is 10.9. The molecule has 0 aliphatic rings. The maximum absolute atomic E-state index is 11.7. The molecular weight excluding hydrogens is 232 g/mol. The molecule has 1 amide bonds. The highest BCUT2D eigenvalue weighted by atomic mass is 16.5. The second-order valence-corrected chi connectivity index (χ2v) is 4.61. The molecule has 18 heavy (non-hydrogen) atoms. The summed E-state index contributed by atoms with van der Waals surface area (Å²) in [5.41, 5.74) is 6.00. The number of benzene rings is 1. The lowest BCUT2D eigenvalue weighted by Crippen LogP contribution is -2.44. The lowest BCUT2D eigenvalue weighted by Gasteiger charge is -2.22. The molecule has 1 rings (SSSR count). The number of methoxy groups -OCH3 is 1. The van der Waals surface area contributed by atoms with Crippen molar-refractivity contribution in [3.05, 3.63) is 29.8 Å². The molecule has 0 aliphatic heterocycles. The molecule has 100 valence electrons. The van der Waals surface area contributed by atoms with Crippen molar-refractivity contribution in [3.63, 3.8) is 0 Å². The minimum atomic E-state index is -0.902. The van der Waals surface area contributed by atoms with E-state index in [4.69, 9.17) is 10.5 Å². The quantitative estimate of drug-likeness (QED) is 0.678. The lowest BCUT2D eigenvalue weighted by atomic mass is 10.1. The van der Waals surface area contributed by atoms with Gasteiger partial charge in [-0.05, 0) is 31.5 Å². The Labute approximate surface area is 107 Å². The molecule has 0 aromatic heterocycles. The third kappa shape index (κ3) is 3.72. The Morgan fingerprint density at radius 2 is 2.00 bits per heavy atom. The number of rotatable bonds is 5. The van der Waals surface area contributed by atoms with Crippen molar-refractivity contribution in [1.82, 2.24) is 5.32 Å². The predicted octanol–water partition coefficient (Wildman–Crippen LogP) is 0.843. The van der Waals surface area contributed by atoms with Gasteiger partial charge in [0.2, 0.25) is 0 Å². The highest BCUT2D eigenvalue weighted by molar-refractivity contribution is 5.84. The first-order chi connectivity index (χ1) is 8.36. The fraction of sp³-hybridized carbons (Fsp3) is 0.462. The number of anilines is 1. The number of hydrogen-bond acceptors (Lipinski definition) is 4. The minimum absolute atomic E-state index is 0.134. The summed E-state index contributed by atoms with van der Waals surface area (Å²) in [5, 5.41) is 12.5. The van der Waals surface area contributed by atoms with E-state index in [0.29, 0.717) is 11.3 Å². The van der Waals surface area contributed by atoms with E-state index in [-0.39, 0.29) is 12.5 Å². The van der Waals surface area contributed by atoms with Gasteiger partial charge in [-0.15, -0.1) is 0 Å². The largest absolute Gasteiger partial charge is 0.399 e. The second-order valence-electron chi connectivity index (χ2n) is 4.61. The number of nitrogens with two attached hydrogens (primary N) is 1. The number of amides is 1. The van der Waals surface area contributed by atoms with Crippen LogP contribution in [0.5, 0.6) is 0 Å². The summed E-state index contributed by atoms with van der Waals surface area (Å²) in [6.07, 6.45) is -0.762. The summed E-state index contributed by atoms with van der Waals surface area (Å²) in [6.45, 7) is 3.46. The highest BCUT2D eigenvalue weighted by Gasteiger charge is 2.27. The monoisotopic (exact) mass is 252 g/mol. The zero-order chi connectivity index (χ0) is 13.8. The summed E-state index contributed by atoms with van der Waals surface area (Å²) >= 11 is 0. The predicted molar refractivity (Wildman–Crippen MR) is 69.9 cm³/mol. The van der Waals surface area contributed by atoms with Crippen LogP contribution in [0.4, 0.5) is 5.69 Å². The molecule has 1 aromatic carbocycles. The Bertz CT molecular complexity index is 401. The van der Waals surface area contributed by atoms with Crippen LogP contribution in [-0.4, -0.2) is 30.3 Å². The SMILES string of the molecule is COC(C)(C)C(=O)NCC(O)c1ccc(N)cc1. The second kappa shape index (κ2) is 5.84. The first kappa shape index (κ1) is 14.5. The van der Waals surface area contributed by atoms with Gasteiger partial charge in [0.05, 0.1) is 6.10 Å². The van der Waals surface area contributed by atoms with Crippen LogP contribution in [0.1, 0.15) is 25.5 Å². The highest BCUT2D eigenvalue weighted by Crippen LogP contribution is 2.14. The van der Waals surface area contributed by atoms with Crippen molar-refractivity contribution in [2.24, 2.45) is 0 Å². The Hall–Kier alpha value is -1.59. The first-order valence-corrected chi connectivity index (χ1v) is 5.74. The van der Waals surface area contributed by atoms with E-state index in [1.807, 2.05) is 0 Å². The van der Waals surface area contributed by atoms with Gasteiger partial charge in [-0.25, -0.2) is 0 Å². The molecule has 0 saturated heterocycles. The third-order valence-electron chi connectivity index (χ3n) is 2.83. The molecule has 1 atom stereocenters. The average Bonchev–Trinajstić information content (AvgIpc) is 2.36. The lowest BCUT2D eigenvalue weighted by molar-refractivity contribution is -0.139. The van der Waals surface area contributed by atoms with Gasteiger partial charge in [-0.2, -0.15) is 0 Å². The van der Waals surface area contributed by atoms with Crippen molar-refractivity contribution in [2.45, 2.75) is 25.6 Å². The van der Waals surface area contributed by atoms with E-state index in [9.17, 15) is 9.90 Å². The summed E-state index contributed by atoms with van der Waals surface area (Å²) < 4.78 is 5.04. The topological polar surface area (TPSA) is 84.6 Å². The first-order valence-electron chi connectivity index (χ1n) is 5.74. The van der Waals surface area contributed by atoms with E-state index in [1.165, 1.54) is 7.11 Å². The van der Waals surface area contributed by atoms with Crippen LogP contribution >= 0.6 is 0 Å². The van der Waals surface area contributed by atoms with Gasteiger partial charge in [-0.3, -0.25) is 4.79 Å². The van der Waals surface area contributed by atoms with E-state index in [0.717, 1.165) is 0 Å². The molecule has 0 spiro atoms. The van der Waals surface area contributed by atoms with Gasteiger partial charge in [0.1, 0.15) is 5.60 Å². The Morgan fingerprint density at radius 1 is 1.44 bits per heavy atom. The van der Waals surface area contributed by atoms with E-state index in [2.05, 4.69) is 5.32 Å². The minimum Gasteiger partial charge on any atom is -0.399 e. The fourth-order valence-electron chi connectivity index (χ4n) is 1.33. The molecule has 0 aliphatic carbocycles. The van der Waals surface area contributed by atoms with Crippen LogP contribution < -0.4 is 11.1 Å². The van der Waals surface area contributed by atoms with Gasteiger partial charge in [0.25, 0.3) is 5.91 Å². The Kier molecular flexibility index (Phi) is 4.69. The molecule has 5 heteroatoms. The van der Waals surface area contributed by atoms with Gasteiger partial charge >= 0.3 is 0 Å². The zero-order valence-corrected chi connectivity index (χ0v) is 10.9. The van der Waals surface area contributed by atoms with Crippen LogP contribution in [0.2, 0.25) is 0 Å². The summed E-state index contributed by atoms with van der Waals surface area (Å²) in [4.78, 5) is 11.7. The van der Waals surface area contributed by atoms with Crippen molar-refractivity contribution in [2.75, 3.05) is 19.4 Å². The fourth-order valence-corrected chi connectivity index (χ4v) is 1.33. The van der Waals surface area contributed by atoms with Crippen LogP contribution in [-0.2, 0) is 9.53 Å². The van der Waals surface area contributed by atoms with Gasteiger partial charge in [-0.1, -0.05) is 12.1 Å². The molecule has 0 heterocycles. The average molecular weight is 252 g/mol. The molecule has 1 unspecified atom stereocenters. The molecule has 0 bridgehead atoms. The number of hydrogen-bond donors (Lipinski definition) is 3. The van der Waals surface area contributed by atoms with Crippen molar-refractivity contribution in [1.29, 1.82) is 0 Å². The van der Waals surface area contributed by atoms with Crippen LogP contribution in [0, 0.1) is 0 Å². The molecule has 0 fully saturated rings. The number of aliphatic hydroxyl groups excluding tert-OH is 1. The number of aliphatic hydroxyl groups is 1. The van der Waals surface area contributed by atoms with Crippen molar-refractivity contribution >= 4 is 11.6 Å². The van der Waals surface area contributed by atoms with Crippen LogP contribution in [0.3, 0.4) is 0 Å². The molecule has 0 saturated carbocycles. The van der Waals surface area contributed by atoms with E-state index >= 15 is 0 Å². The van der Waals surface area contributed by atoms with Crippen molar-refractivity contribution in [3.8, 4) is 0 Å². The summed E-state index contributed by atoms with van der Waals surface area (Å²) in [6, 6.07) is 6.88. The number of ether oxygens (including phenoxy) is 1. The van der Waals surface area contributed by atoms with Gasteiger partial charge in [0, 0.05) is 19.3 Å². The molecule has 0 radical (unpaired) electrons. The molecular formula is C13H20N2O3. The Morgan fingerprint density at radius 3 is 2.50 bits per heavy atom. The normalized spacial score (nSPS) is 13.1. The summed E-state index contributed by atoms with van der Waals surface area (Å²) in [7, 11) is 1.47. The smallest absolute Gasteiger partial charge is 0.251 e. The number of carbonyl (C=O) groups is 1. The number of nitrogens with one attached hydrogen (secondary N) is 1. The third-order valence-corrected chi connectivity index (χ3v) is 2.83. The number of carbonyl (C=O) groups excluding carboxylic acids is 1. The summed E-state index contributed by atoms with van der Waals surface area (Å²) in [5.74, 6) is -0.264. The molecule has 4 N–H and O–H groups in total. The number of nitrogen functional groups attached to an aromatic ring is 1. The van der Waals surface area contributed by atoms with Crippen LogP contribution in [0.15, 0.2) is 24.3 Å². The standard InChI is InChI=1S/C13H20N2O3/c1-13(2,18-3)12(17)15-8-11(16)9-4-6-10(14)7-5-9/h4-7,11,16H,8,14H2,1-3H3,(H,15,17). The maximum Gasteiger partial charge on any atom is 0.251 e. The molecule has 5 nitrogen and oxygen atoms in total. The van der Waals surface area contributed by atoms with Gasteiger partial charge in [0.15, 0.2) is 0 Å². The Balaban J connectivity index is 2.54. The van der Waals surface area contributed by atoms with E-state index < -0.39 is 11.7 Å². The molecule has 1 aromatic rings. The maximum atomic E-state index is 11.7. The van der Waals surface area contributed by atoms with E-state index in [1.54, 1.807) is 38.1 Å². The van der Waals surface area contributed by atoms with Crippen LogP contribution in [0.25, 0.3) is 0 Å².